The van der Waals surface area contributed by atoms with Gasteiger partial charge in [0, 0.05) is 0 Å². The molecule has 0 spiro atoms. The molecule has 0 saturated carbocycles. The summed E-state index contributed by atoms with van der Waals surface area (Å²) in [4.78, 5) is 12.0. The van der Waals surface area contributed by atoms with E-state index in [0.717, 1.165) is 0 Å². The predicted molar refractivity (Wildman–Crippen MR) is 61.8 cm³/mol. The molecule has 5 heteroatoms. The topological polar surface area (TPSA) is 68.3 Å². The summed E-state index contributed by atoms with van der Waals surface area (Å²) in [6.45, 7) is 3.64. The smallest absolute Gasteiger partial charge is 0.255 e. The molecule has 1 amide bonds. The van der Waals surface area contributed by atoms with Crippen LogP contribution in [0.15, 0.2) is 16.7 Å². The van der Waals surface area contributed by atoms with Gasteiger partial charge in [-0.25, -0.2) is 0 Å². The minimum atomic E-state index is -0.262. The van der Waals surface area contributed by atoms with Gasteiger partial charge < -0.3 is 15.5 Å². The number of hydrogen-bond donors (Lipinski definition) is 2. The zero-order chi connectivity index (χ0) is 11.4. The van der Waals surface area contributed by atoms with Gasteiger partial charge in [0.2, 0.25) is 0 Å². The number of furan rings is 1. The van der Waals surface area contributed by atoms with Gasteiger partial charge in [-0.15, -0.1) is 0 Å². The Hall–Kier alpha value is -1.36. The van der Waals surface area contributed by atoms with Crippen LogP contribution in [0.3, 0.4) is 0 Å². The highest BCUT2D eigenvalue weighted by Crippen LogP contribution is 2.08. The summed E-state index contributed by atoms with van der Waals surface area (Å²) in [5.41, 5.74) is 6.00. The molecule has 3 N–H and O–H groups in total. The summed E-state index contributed by atoms with van der Waals surface area (Å²) in [6.07, 6.45) is 2.16. The minimum Gasteiger partial charge on any atom is -0.469 e. The van der Waals surface area contributed by atoms with E-state index in [4.69, 9.17) is 22.4 Å². The summed E-state index contributed by atoms with van der Waals surface area (Å²) in [6, 6.07) is 1.36. The highest BCUT2D eigenvalue weighted by Gasteiger charge is 2.16. The van der Waals surface area contributed by atoms with Gasteiger partial charge >= 0.3 is 0 Å². The molecule has 0 aliphatic heterocycles. The van der Waals surface area contributed by atoms with E-state index in [2.05, 4.69) is 5.32 Å². The first-order valence-corrected chi connectivity index (χ1v) is 5.11. The van der Waals surface area contributed by atoms with Crippen molar-refractivity contribution in [2.45, 2.75) is 26.3 Å². The van der Waals surface area contributed by atoms with Crippen molar-refractivity contribution in [1.82, 2.24) is 5.32 Å². The number of nitrogens with one attached hydrogen (secondary N) is 1. The molecule has 15 heavy (non-hydrogen) atoms. The number of hydrogen-bond acceptors (Lipinski definition) is 3. The van der Waals surface area contributed by atoms with E-state index in [-0.39, 0.29) is 11.9 Å². The molecule has 0 saturated heterocycles. The Balaban J connectivity index is 2.71. The summed E-state index contributed by atoms with van der Waals surface area (Å²) < 4.78 is 5.04. The van der Waals surface area contributed by atoms with Crippen molar-refractivity contribution in [2.75, 3.05) is 0 Å². The third-order valence-electron chi connectivity index (χ3n) is 2.16. The van der Waals surface area contributed by atoms with Gasteiger partial charge in [-0.3, -0.25) is 4.79 Å². The third-order valence-corrected chi connectivity index (χ3v) is 2.44. The normalized spacial score (nSPS) is 12.1. The lowest BCUT2D eigenvalue weighted by Gasteiger charge is -2.14. The van der Waals surface area contributed by atoms with Crippen LogP contribution in [0, 0.1) is 6.92 Å². The maximum atomic E-state index is 11.7. The lowest BCUT2D eigenvalue weighted by Crippen LogP contribution is -2.43. The molecule has 0 aromatic carbocycles. The van der Waals surface area contributed by atoms with E-state index in [0.29, 0.717) is 22.7 Å². The van der Waals surface area contributed by atoms with Crippen LogP contribution >= 0.6 is 12.2 Å². The fraction of sp³-hybridized carbons (Fsp3) is 0.400. The molecule has 0 aliphatic carbocycles. The molecule has 1 aromatic heterocycles. The standard InChI is InChI=1S/C10H14N2O2S/c1-3-8(9(11)15)12-10(13)7-4-5-14-6(7)2/h4-5,8H,3H2,1-2H3,(H2,11,15)(H,12,13). The fourth-order valence-corrected chi connectivity index (χ4v) is 1.46. The first kappa shape index (κ1) is 11.7. The second kappa shape index (κ2) is 4.93. The first-order valence-electron chi connectivity index (χ1n) is 4.70. The van der Waals surface area contributed by atoms with Crippen LogP contribution < -0.4 is 11.1 Å². The second-order valence-electron chi connectivity index (χ2n) is 3.23. The SMILES string of the molecule is CCC(NC(=O)c1ccoc1C)C(N)=S. The van der Waals surface area contributed by atoms with Crippen molar-refractivity contribution in [1.29, 1.82) is 0 Å². The molecule has 1 aromatic rings. The number of aryl methyl sites for hydroxylation is 1. The Bertz CT molecular complexity index is 373. The Kier molecular flexibility index (Phi) is 3.85. The summed E-state index contributed by atoms with van der Waals surface area (Å²) in [5.74, 6) is 0.381. The van der Waals surface area contributed by atoms with Crippen molar-refractivity contribution in [3.8, 4) is 0 Å². The third kappa shape index (κ3) is 2.79. The zero-order valence-electron chi connectivity index (χ0n) is 8.74. The molecule has 0 aliphatic rings. The van der Waals surface area contributed by atoms with Crippen LogP contribution in [0.25, 0.3) is 0 Å². The predicted octanol–water partition coefficient (Wildman–Crippen LogP) is 1.38. The monoisotopic (exact) mass is 226 g/mol. The maximum Gasteiger partial charge on any atom is 0.255 e. The van der Waals surface area contributed by atoms with Gasteiger partial charge in [-0.05, 0) is 19.4 Å². The van der Waals surface area contributed by atoms with Crippen molar-refractivity contribution >= 4 is 23.1 Å². The largest absolute Gasteiger partial charge is 0.469 e. The van der Waals surface area contributed by atoms with Gasteiger partial charge in [0.05, 0.1) is 22.9 Å². The lowest BCUT2D eigenvalue weighted by atomic mass is 10.2. The van der Waals surface area contributed by atoms with Crippen LogP contribution in [-0.4, -0.2) is 16.9 Å². The summed E-state index contributed by atoms with van der Waals surface area (Å²) >= 11 is 4.84. The minimum absolute atomic E-state index is 0.207. The molecule has 0 radical (unpaired) electrons. The quantitative estimate of drug-likeness (QED) is 0.761. The van der Waals surface area contributed by atoms with Crippen LogP contribution in [0.1, 0.15) is 29.5 Å². The zero-order valence-corrected chi connectivity index (χ0v) is 9.56. The summed E-state index contributed by atoms with van der Waals surface area (Å²) in [5, 5.41) is 2.74. The van der Waals surface area contributed by atoms with E-state index in [1.165, 1.54) is 6.26 Å². The molecule has 1 heterocycles. The van der Waals surface area contributed by atoms with Gasteiger partial charge in [-0.1, -0.05) is 19.1 Å². The second-order valence-corrected chi connectivity index (χ2v) is 3.70. The number of thiocarbonyl (C=S) groups is 1. The fourth-order valence-electron chi connectivity index (χ4n) is 1.23. The van der Waals surface area contributed by atoms with Crippen LogP contribution in [-0.2, 0) is 0 Å². The number of carbonyl (C=O) groups is 1. The Labute approximate surface area is 93.8 Å². The van der Waals surface area contributed by atoms with Gasteiger partial charge in [0.1, 0.15) is 5.76 Å². The number of nitrogens with two attached hydrogens (primary N) is 1. The molecule has 1 unspecified atom stereocenters. The van der Waals surface area contributed by atoms with E-state index >= 15 is 0 Å². The van der Waals surface area contributed by atoms with Crippen molar-refractivity contribution in [3.05, 3.63) is 23.7 Å². The Morgan fingerprint density at radius 1 is 1.73 bits per heavy atom. The van der Waals surface area contributed by atoms with Crippen LogP contribution in [0.5, 0.6) is 0 Å². The number of carbonyl (C=O) groups excluding carboxylic acids is 1. The lowest BCUT2D eigenvalue weighted by molar-refractivity contribution is 0.0945. The van der Waals surface area contributed by atoms with Crippen molar-refractivity contribution < 1.29 is 9.21 Å². The average Bonchev–Trinajstić information content (AvgIpc) is 2.60. The maximum absolute atomic E-state index is 11.7. The van der Waals surface area contributed by atoms with Gasteiger partial charge in [0.15, 0.2) is 0 Å². The molecule has 1 atom stereocenters. The molecule has 0 bridgehead atoms. The van der Waals surface area contributed by atoms with Crippen molar-refractivity contribution in [2.24, 2.45) is 5.73 Å². The Morgan fingerprint density at radius 2 is 2.40 bits per heavy atom. The molecular weight excluding hydrogens is 212 g/mol. The van der Waals surface area contributed by atoms with Crippen molar-refractivity contribution in [3.63, 3.8) is 0 Å². The van der Waals surface area contributed by atoms with E-state index < -0.39 is 0 Å². The molecule has 0 fully saturated rings. The molecule has 4 nitrogen and oxygen atoms in total. The van der Waals surface area contributed by atoms with Crippen LogP contribution in [0.4, 0.5) is 0 Å². The van der Waals surface area contributed by atoms with Gasteiger partial charge in [-0.2, -0.15) is 0 Å². The average molecular weight is 226 g/mol. The van der Waals surface area contributed by atoms with Gasteiger partial charge in [0.25, 0.3) is 5.91 Å². The highest BCUT2D eigenvalue weighted by atomic mass is 32.1. The molecule has 82 valence electrons. The number of amides is 1. The first-order chi connectivity index (χ1) is 7.06. The van der Waals surface area contributed by atoms with E-state index in [9.17, 15) is 4.79 Å². The number of rotatable bonds is 4. The highest BCUT2D eigenvalue weighted by molar-refractivity contribution is 7.80. The molecular formula is C10H14N2O2S. The molecule has 1 rings (SSSR count). The van der Waals surface area contributed by atoms with E-state index in [1.54, 1.807) is 13.0 Å². The van der Waals surface area contributed by atoms with E-state index in [1.807, 2.05) is 6.92 Å². The Morgan fingerprint density at radius 3 is 2.80 bits per heavy atom. The van der Waals surface area contributed by atoms with Crippen LogP contribution in [0.2, 0.25) is 0 Å². The summed E-state index contributed by atoms with van der Waals surface area (Å²) in [7, 11) is 0.